The zero-order valence-electron chi connectivity index (χ0n) is 12.9. The van der Waals surface area contributed by atoms with E-state index in [1.165, 1.54) is 24.4 Å². The average molecular weight is 339 g/mol. The molecule has 0 spiro atoms. The van der Waals surface area contributed by atoms with Crippen LogP contribution in [0.4, 0.5) is 13.2 Å². The van der Waals surface area contributed by atoms with Gasteiger partial charge >= 0.3 is 6.18 Å². The third-order valence-corrected chi connectivity index (χ3v) is 3.93. The molecule has 1 aliphatic rings. The van der Waals surface area contributed by atoms with Crippen molar-refractivity contribution in [3.05, 3.63) is 41.7 Å². The number of benzene rings is 1. The van der Waals surface area contributed by atoms with Gasteiger partial charge in [0.05, 0.1) is 17.4 Å². The van der Waals surface area contributed by atoms with Gasteiger partial charge in [-0.3, -0.25) is 4.79 Å². The van der Waals surface area contributed by atoms with Crippen LogP contribution in [-0.4, -0.2) is 51.5 Å². The lowest BCUT2D eigenvalue weighted by molar-refractivity contribution is -0.137. The van der Waals surface area contributed by atoms with Crippen LogP contribution < -0.4 is 5.32 Å². The largest absolute Gasteiger partial charge is 0.418 e. The normalized spacial score (nSPS) is 18.7. The van der Waals surface area contributed by atoms with Crippen molar-refractivity contribution < 1.29 is 18.0 Å². The Bertz CT molecular complexity index is 743. The first-order chi connectivity index (χ1) is 11.4. The number of nitrogens with one attached hydrogen (secondary N) is 1. The van der Waals surface area contributed by atoms with Crippen LogP contribution in [-0.2, 0) is 6.18 Å². The van der Waals surface area contributed by atoms with Crippen LogP contribution >= 0.6 is 0 Å². The number of aromatic nitrogens is 3. The summed E-state index contributed by atoms with van der Waals surface area (Å²) in [5, 5.41) is 10.6. The van der Waals surface area contributed by atoms with E-state index in [0.29, 0.717) is 19.6 Å². The average Bonchev–Trinajstić information content (AvgIpc) is 3.04. The topological polar surface area (TPSA) is 63.1 Å². The fourth-order valence-corrected chi connectivity index (χ4v) is 2.68. The third kappa shape index (κ3) is 3.12. The monoisotopic (exact) mass is 339 g/mol. The van der Waals surface area contributed by atoms with Crippen molar-refractivity contribution in [3.8, 4) is 5.69 Å². The molecule has 6 nitrogen and oxygen atoms in total. The Kier molecular flexibility index (Phi) is 4.27. The Morgan fingerprint density at radius 3 is 2.79 bits per heavy atom. The molecule has 24 heavy (non-hydrogen) atoms. The van der Waals surface area contributed by atoms with Crippen LogP contribution in [0.3, 0.4) is 0 Å². The fourth-order valence-electron chi connectivity index (χ4n) is 2.68. The summed E-state index contributed by atoms with van der Waals surface area (Å²) in [7, 11) is 0. The summed E-state index contributed by atoms with van der Waals surface area (Å²) in [4.78, 5) is 14.1. The van der Waals surface area contributed by atoms with E-state index in [-0.39, 0.29) is 23.3 Å². The van der Waals surface area contributed by atoms with E-state index in [1.54, 1.807) is 4.90 Å². The summed E-state index contributed by atoms with van der Waals surface area (Å²) in [6.45, 7) is 3.75. The molecular weight excluding hydrogens is 323 g/mol. The summed E-state index contributed by atoms with van der Waals surface area (Å²) >= 11 is 0. The maximum absolute atomic E-state index is 13.1. The molecule has 1 aromatic heterocycles. The van der Waals surface area contributed by atoms with Crippen LogP contribution in [0, 0.1) is 0 Å². The van der Waals surface area contributed by atoms with Crippen LogP contribution in [0.25, 0.3) is 5.69 Å². The smallest absolute Gasteiger partial charge is 0.332 e. The minimum Gasteiger partial charge on any atom is -0.332 e. The Labute approximate surface area is 136 Å². The molecule has 1 fully saturated rings. The summed E-state index contributed by atoms with van der Waals surface area (Å²) in [6.07, 6.45) is -3.28. The van der Waals surface area contributed by atoms with Crippen molar-refractivity contribution in [1.82, 2.24) is 25.2 Å². The number of hydrogen-bond acceptors (Lipinski definition) is 4. The number of carbonyl (C=O) groups excluding carboxylic acids is 1. The van der Waals surface area contributed by atoms with Gasteiger partial charge < -0.3 is 10.2 Å². The number of hydrogen-bond donors (Lipinski definition) is 1. The summed E-state index contributed by atoms with van der Waals surface area (Å²) in [6, 6.07) is 5.03. The number of para-hydroxylation sites is 1. The molecule has 0 radical (unpaired) electrons. The Hall–Kier alpha value is -2.42. The first-order valence-corrected chi connectivity index (χ1v) is 7.48. The zero-order valence-corrected chi connectivity index (χ0v) is 12.9. The second-order valence-corrected chi connectivity index (χ2v) is 5.61. The number of nitrogens with zero attached hydrogens (tertiary/aromatic N) is 4. The molecule has 1 saturated heterocycles. The highest BCUT2D eigenvalue weighted by Crippen LogP contribution is 2.33. The standard InChI is InChI=1S/C15H16F3N5O/c1-10-8-19-6-7-22(10)14(24)12-9-23(21-20-12)13-5-3-2-4-11(13)15(16,17)18/h2-5,9-10,19H,6-8H2,1H3/t10-/m0/s1. The molecule has 2 aromatic rings. The molecule has 3 rings (SSSR count). The Morgan fingerprint density at radius 2 is 2.08 bits per heavy atom. The van der Waals surface area contributed by atoms with Gasteiger partial charge in [0.2, 0.25) is 0 Å². The molecule has 2 heterocycles. The van der Waals surface area contributed by atoms with E-state index in [9.17, 15) is 18.0 Å². The molecular formula is C15H16F3N5O. The lowest BCUT2D eigenvalue weighted by Gasteiger charge is -2.33. The van der Waals surface area contributed by atoms with Crippen LogP contribution in [0.1, 0.15) is 23.0 Å². The molecule has 0 aliphatic carbocycles. The van der Waals surface area contributed by atoms with Crippen LogP contribution in [0.15, 0.2) is 30.5 Å². The first-order valence-electron chi connectivity index (χ1n) is 7.48. The zero-order chi connectivity index (χ0) is 17.3. The number of amides is 1. The summed E-state index contributed by atoms with van der Waals surface area (Å²) in [5.41, 5.74) is -0.963. The molecule has 0 bridgehead atoms. The van der Waals surface area contributed by atoms with Gasteiger partial charge in [-0.25, -0.2) is 4.68 Å². The van der Waals surface area contributed by atoms with Crippen molar-refractivity contribution in [3.63, 3.8) is 0 Å². The Morgan fingerprint density at radius 1 is 1.33 bits per heavy atom. The van der Waals surface area contributed by atoms with E-state index in [1.807, 2.05) is 6.92 Å². The van der Waals surface area contributed by atoms with Gasteiger partial charge in [-0.05, 0) is 19.1 Å². The molecule has 1 atom stereocenters. The molecule has 1 aromatic carbocycles. The lowest BCUT2D eigenvalue weighted by atomic mass is 10.1. The lowest BCUT2D eigenvalue weighted by Crippen LogP contribution is -2.52. The second kappa shape index (κ2) is 6.23. The number of rotatable bonds is 2. The number of piperazine rings is 1. The van der Waals surface area contributed by atoms with Crippen molar-refractivity contribution in [2.24, 2.45) is 0 Å². The van der Waals surface area contributed by atoms with Gasteiger partial charge in [0.1, 0.15) is 0 Å². The van der Waals surface area contributed by atoms with E-state index < -0.39 is 11.7 Å². The minimum absolute atomic E-state index is 0.0149. The molecule has 1 N–H and O–H groups in total. The molecule has 1 amide bonds. The summed E-state index contributed by atoms with van der Waals surface area (Å²) in [5.74, 6) is -0.334. The highest BCUT2D eigenvalue weighted by atomic mass is 19.4. The maximum atomic E-state index is 13.1. The van der Waals surface area contributed by atoms with Crippen molar-refractivity contribution in [2.45, 2.75) is 19.1 Å². The van der Waals surface area contributed by atoms with Crippen molar-refractivity contribution in [2.75, 3.05) is 19.6 Å². The van der Waals surface area contributed by atoms with E-state index >= 15 is 0 Å². The van der Waals surface area contributed by atoms with E-state index in [2.05, 4.69) is 15.6 Å². The second-order valence-electron chi connectivity index (χ2n) is 5.61. The molecule has 128 valence electrons. The third-order valence-electron chi connectivity index (χ3n) is 3.93. The van der Waals surface area contributed by atoms with Gasteiger partial charge in [0.25, 0.3) is 5.91 Å². The first kappa shape index (κ1) is 16.4. The number of carbonyl (C=O) groups is 1. The number of alkyl halides is 3. The van der Waals surface area contributed by atoms with Gasteiger partial charge in [0, 0.05) is 25.7 Å². The van der Waals surface area contributed by atoms with Gasteiger partial charge in [-0.15, -0.1) is 5.10 Å². The quantitative estimate of drug-likeness (QED) is 0.905. The highest BCUT2D eigenvalue weighted by molar-refractivity contribution is 5.92. The van der Waals surface area contributed by atoms with E-state index in [4.69, 9.17) is 0 Å². The fraction of sp³-hybridized carbons (Fsp3) is 0.400. The van der Waals surface area contributed by atoms with Crippen molar-refractivity contribution >= 4 is 5.91 Å². The maximum Gasteiger partial charge on any atom is 0.418 e. The SMILES string of the molecule is C[C@H]1CNCCN1C(=O)c1cn(-c2ccccc2C(F)(F)F)nn1. The van der Waals surface area contributed by atoms with E-state index in [0.717, 1.165) is 10.7 Å². The Balaban J connectivity index is 1.90. The predicted molar refractivity (Wildman–Crippen MR) is 79.7 cm³/mol. The van der Waals surface area contributed by atoms with Crippen LogP contribution in [0.2, 0.25) is 0 Å². The van der Waals surface area contributed by atoms with Gasteiger partial charge in [-0.1, -0.05) is 17.3 Å². The number of halogens is 3. The highest BCUT2D eigenvalue weighted by Gasteiger charge is 2.34. The van der Waals surface area contributed by atoms with Crippen LogP contribution in [0.5, 0.6) is 0 Å². The molecule has 0 saturated carbocycles. The predicted octanol–water partition coefficient (Wildman–Crippen LogP) is 1.72. The minimum atomic E-state index is -4.51. The molecule has 0 unspecified atom stereocenters. The molecule has 1 aliphatic heterocycles. The van der Waals surface area contributed by atoms with Gasteiger partial charge in [-0.2, -0.15) is 13.2 Å². The summed E-state index contributed by atoms with van der Waals surface area (Å²) < 4.78 is 40.3. The van der Waals surface area contributed by atoms with Gasteiger partial charge in [0.15, 0.2) is 5.69 Å². The molecule has 9 heteroatoms. The van der Waals surface area contributed by atoms with Crippen molar-refractivity contribution in [1.29, 1.82) is 0 Å².